The molecule has 6 saturated heterocycles. The molecule has 0 spiro atoms. The summed E-state index contributed by atoms with van der Waals surface area (Å²) in [5.74, 6) is -0.695. The third kappa shape index (κ3) is 12.6. The Hall–Kier alpha value is -1.91. The van der Waals surface area contributed by atoms with Crippen LogP contribution in [0.25, 0.3) is 0 Å². The van der Waals surface area contributed by atoms with Gasteiger partial charge in [0.1, 0.15) is 128 Å². The molecule has 36 atom stereocenters. The fourth-order valence-electron chi connectivity index (χ4n) is 18.8. The molecule has 4 saturated carbocycles. The molecule has 11 rings (SSSR count). The topological polar surface area (TPSA) is 472 Å². The zero-order valence-electron chi connectivity index (χ0n) is 54.6. The first-order valence-corrected chi connectivity index (χ1v) is 33.5. The van der Waals surface area contributed by atoms with Crippen molar-refractivity contribution in [2.45, 2.75) is 298 Å². The van der Waals surface area contributed by atoms with Crippen molar-refractivity contribution in [2.75, 3.05) is 33.0 Å². The Kier molecular flexibility index (Phi) is 21.4. The number of ether oxygens (including phenoxy) is 12. The lowest BCUT2D eigenvalue weighted by Gasteiger charge is -2.71. The van der Waals surface area contributed by atoms with Crippen molar-refractivity contribution in [1.29, 1.82) is 0 Å². The van der Waals surface area contributed by atoms with Crippen LogP contribution in [-0.4, -0.2) is 304 Å². The predicted octanol–water partition coefficient (Wildman–Crippen LogP) is -4.08. The molecule has 30 heteroatoms. The summed E-state index contributed by atoms with van der Waals surface area (Å²) in [5, 5.41) is 184. The predicted molar refractivity (Wildman–Crippen MR) is 315 cm³/mol. The molecule has 0 aromatic carbocycles. The first-order valence-electron chi connectivity index (χ1n) is 33.5. The second-order valence-electron chi connectivity index (χ2n) is 31.0. The van der Waals surface area contributed by atoms with Crippen molar-refractivity contribution >= 4 is 5.97 Å². The Labute approximate surface area is 545 Å². The maximum atomic E-state index is 15.5. The summed E-state index contributed by atoms with van der Waals surface area (Å²) in [5.41, 5.74) is -1.58. The molecule has 94 heavy (non-hydrogen) atoms. The van der Waals surface area contributed by atoms with Crippen molar-refractivity contribution in [2.24, 2.45) is 50.2 Å². The van der Waals surface area contributed by atoms with Gasteiger partial charge < -0.3 is 144 Å². The molecule has 10 fully saturated rings. The Bertz CT molecular complexity index is 2640. The summed E-state index contributed by atoms with van der Waals surface area (Å²) in [4.78, 5) is 15.5. The van der Waals surface area contributed by atoms with Crippen molar-refractivity contribution in [1.82, 2.24) is 0 Å². The quantitative estimate of drug-likeness (QED) is 0.0421. The maximum absolute atomic E-state index is 15.5. The highest BCUT2D eigenvalue weighted by molar-refractivity contribution is 5.79. The first kappa shape index (κ1) is 73.3. The van der Waals surface area contributed by atoms with Gasteiger partial charge in [0.05, 0.1) is 50.7 Å². The van der Waals surface area contributed by atoms with E-state index < -0.39 is 233 Å². The van der Waals surface area contributed by atoms with Gasteiger partial charge in [-0.2, -0.15) is 0 Å². The summed E-state index contributed by atoms with van der Waals surface area (Å²) >= 11 is 0. The van der Waals surface area contributed by atoms with E-state index in [1.165, 1.54) is 12.5 Å². The summed E-state index contributed by atoms with van der Waals surface area (Å²) < 4.78 is 71.2. The lowest BCUT2D eigenvalue weighted by Crippen LogP contribution is -2.67. The van der Waals surface area contributed by atoms with E-state index in [9.17, 15) is 86.8 Å². The standard InChI is InChI=1S/C64H104O30/c1-25-36(69)39(72)44(77)54(86-25)93-51-32(24-85-52-43(76)37(70)28(67)22-83-52)89-57(47(80)42(51)75)94-58(82)64-17-15-59(2,3)19-27(64)26-9-10-34-61(6)13-12-35(60(4,5)33(61)11-14-63(34,8)62(26,7)16-18-64)90-55-46(79)41(74)50(31(21-66)88-55)92-53-48(81)49(29(68)23-84-53)91-56-45(78)40(73)38(71)30(20-65)87-56/h9,25,27-57,65-81H,10-24H2,1-8H3. The van der Waals surface area contributed by atoms with Crippen LogP contribution in [0.1, 0.15) is 120 Å². The minimum Gasteiger partial charge on any atom is -0.432 e. The van der Waals surface area contributed by atoms with Crippen LogP contribution in [-0.2, 0) is 61.6 Å². The summed E-state index contributed by atoms with van der Waals surface area (Å²) in [6, 6.07) is 0. The highest BCUT2D eigenvalue weighted by Crippen LogP contribution is 2.76. The van der Waals surface area contributed by atoms with Gasteiger partial charge in [-0.1, -0.05) is 60.1 Å². The van der Waals surface area contributed by atoms with E-state index in [2.05, 4.69) is 54.5 Å². The molecule has 6 aliphatic heterocycles. The van der Waals surface area contributed by atoms with E-state index in [1.807, 2.05) is 0 Å². The number of esters is 1. The van der Waals surface area contributed by atoms with Gasteiger partial charge >= 0.3 is 5.97 Å². The summed E-state index contributed by atoms with van der Waals surface area (Å²) in [6.07, 6.45) is -37.6. The monoisotopic (exact) mass is 1350 g/mol. The average molecular weight is 1350 g/mol. The average Bonchev–Trinajstić information content (AvgIpc) is 0.676. The Balaban J connectivity index is 0.774. The fraction of sp³-hybridized carbons (Fsp3) is 0.953. The largest absolute Gasteiger partial charge is 0.432 e. The second kappa shape index (κ2) is 27.5. The Morgan fingerprint density at radius 1 is 0.500 bits per heavy atom. The Morgan fingerprint density at radius 3 is 1.72 bits per heavy atom. The lowest BCUT2D eigenvalue weighted by atomic mass is 9.33. The van der Waals surface area contributed by atoms with Crippen LogP contribution in [0.5, 0.6) is 0 Å². The molecule has 30 nitrogen and oxygen atoms in total. The van der Waals surface area contributed by atoms with E-state index in [4.69, 9.17) is 56.8 Å². The van der Waals surface area contributed by atoms with Gasteiger partial charge in [-0.25, -0.2) is 0 Å². The van der Waals surface area contributed by atoms with Crippen LogP contribution in [0.15, 0.2) is 11.6 Å². The zero-order valence-corrected chi connectivity index (χ0v) is 54.6. The molecule has 0 radical (unpaired) electrons. The molecular weight excluding hydrogens is 1250 g/mol. The highest BCUT2D eigenvalue weighted by Gasteiger charge is 2.71. The molecule has 11 aliphatic rings. The number of hydrogen-bond acceptors (Lipinski definition) is 30. The van der Waals surface area contributed by atoms with Gasteiger partial charge in [-0.05, 0) is 116 Å². The minimum absolute atomic E-state index is 0.0787. The number of fused-ring (bicyclic) bond motifs is 7. The molecule has 0 amide bonds. The molecule has 0 bridgehead atoms. The van der Waals surface area contributed by atoms with Crippen molar-refractivity contribution in [3.8, 4) is 0 Å². The molecule has 36 unspecified atom stereocenters. The molecule has 540 valence electrons. The van der Waals surface area contributed by atoms with Crippen LogP contribution in [0.3, 0.4) is 0 Å². The normalized spacial score (nSPS) is 54.2. The number of aliphatic hydroxyl groups excluding tert-OH is 17. The van der Waals surface area contributed by atoms with Gasteiger partial charge in [-0.3, -0.25) is 4.79 Å². The van der Waals surface area contributed by atoms with Gasteiger partial charge in [0.15, 0.2) is 31.5 Å². The molecule has 0 aromatic rings. The van der Waals surface area contributed by atoms with E-state index >= 15 is 4.79 Å². The van der Waals surface area contributed by atoms with Crippen LogP contribution < -0.4 is 0 Å². The molecular formula is C64H104O30. The second-order valence-corrected chi connectivity index (χ2v) is 31.0. The Morgan fingerprint density at radius 2 is 1.04 bits per heavy atom. The maximum Gasteiger partial charge on any atom is 0.315 e. The number of rotatable bonds is 15. The van der Waals surface area contributed by atoms with Crippen molar-refractivity contribution in [3.63, 3.8) is 0 Å². The third-order valence-electron chi connectivity index (χ3n) is 24.8. The van der Waals surface area contributed by atoms with Crippen LogP contribution in [0, 0.1) is 50.2 Å². The molecule has 6 heterocycles. The first-order chi connectivity index (χ1) is 44.1. The minimum atomic E-state index is -1.95. The number of carbonyl (C=O) groups is 1. The van der Waals surface area contributed by atoms with Gasteiger partial charge in [0.25, 0.3) is 0 Å². The number of carbonyl (C=O) groups excluding carboxylic acids is 1. The lowest BCUT2D eigenvalue weighted by molar-refractivity contribution is -0.374. The van der Waals surface area contributed by atoms with E-state index in [0.717, 1.165) is 19.3 Å². The molecule has 5 aliphatic carbocycles. The third-order valence-corrected chi connectivity index (χ3v) is 24.8. The van der Waals surface area contributed by atoms with Crippen LogP contribution in [0.2, 0.25) is 0 Å². The molecule has 0 aromatic heterocycles. The summed E-state index contributed by atoms with van der Waals surface area (Å²) in [7, 11) is 0. The van der Waals surface area contributed by atoms with Crippen molar-refractivity contribution < 1.29 is 148 Å². The van der Waals surface area contributed by atoms with Crippen LogP contribution in [0.4, 0.5) is 0 Å². The smallest absolute Gasteiger partial charge is 0.315 e. The summed E-state index contributed by atoms with van der Waals surface area (Å²) in [6.45, 7) is 14.2. The SMILES string of the molecule is CC1OC(OC2C(COC3OCC(O)C(O)C3O)OC(OC(=O)C34CCC(C)(C)CC3C3=CCC5C6(C)CCC(OC7OC(CO)C(OC8OCC(O)C(OC9OC(CO)C(O)C(O)C9O)C8O)C(O)C7O)C(C)(C)C6CCC5(C)C3(C)CC4)C(O)C2O)C(O)C(O)C1O. The van der Waals surface area contributed by atoms with Crippen LogP contribution >= 0.6 is 0 Å². The van der Waals surface area contributed by atoms with E-state index in [0.29, 0.717) is 44.9 Å². The van der Waals surface area contributed by atoms with Gasteiger partial charge in [0, 0.05) is 0 Å². The molecule has 17 N–H and O–H groups in total. The zero-order chi connectivity index (χ0) is 68.4. The van der Waals surface area contributed by atoms with Gasteiger partial charge in [0.2, 0.25) is 6.29 Å². The number of aliphatic hydroxyl groups is 17. The van der Waals surface area contributed by atoms with Gasteiger partial charge in [-0.15, -0.1) is 0 Å². The number of hydrogen-bond donors (Lipinski definition) is 17. The highest BCUT2D eigenvalue weighted by atomic mass is 16.8. The van der Waals surface area contributed by atoms with E-state index in [-0.39, 0.29) is 34.0 Å². The number of allylic oxidation sites excluding steroid dienone is 2. The fourth-order valence-corrected chi connectivity index (χ4v) is 18.8. The van der Waals surface area contributed by atoms with E-state index in [1.54, 1.807) is 0 Å². The van der Waals surface area contributed by atoms with Crippen molar-refractivity contribution in [3.05, 3.63) is 11.6 Å².